The second-order valence-corrected chi connectivity index (χ2v) is 6.64. The molecule has 0 saturated heterocycles. The number of aromatic nitrogens is 2. The fourth-order valence-electron chi connectivity index (χ4n) is 3.22. The van der Waals surface area contributed by atoms with Crippen molar-refractivity contribution in [3.05, 3.63) is 53.6 Å². The molecule has 26 heavy (non-hydrogen) atoms. The number of hydrogen-bond acceptors (Lipinski definition) is 3. The molecule has 0 radical (unpaired) electrons. The summed E-state index contributed by atoms with van der Waals surface area (Å²) in [6.07, 6.45) is 5.19. The molecule has 6 nitrogen and oxygen atoms in total. The number of halogens is 1. The fraction of sp³-hybridized carbons (Fsp3) is 0.474. The maximum atomic E-state index is 11.8. The predicted octanol–water partition coefficient (Wildman–Crippen LogP) is -1.64. The van der Waals surface area contributed by atoms with E-state index in [4.69, 9.17) is 5.21 Å². The minimum absolute atomic E-state index is 0. The molecule has 0 bridgehead atoms. The summed E-state index contributed by atoms with van der Waals surface area (Å²) in [6.45, 7) is 4.62. The number of amides is 1. The molecule has 3 N–H and O–H groups in total. The minimum atomic E-state index is -0.441. The molecular weight excluding hydrogens is 398 g/mol. The molecule has 0 aliphatic heterocycles. The largest absolute Gasteiger partial charge is 1.00 e. The van der Waals surface area contributed by atoms with E-state index in [1.54, 1.807) is 5.48 Å². The second-order valence-electron chi connectivity index (χ2n) is 6.64. The third-order valence-corrected chi connectivity index (χ3v) is 4.74. The van der Waals surface area contributed by atoms with Gasteiger partial charge in [0, 0.05) is 24.9 Å². The maximum Gasteiger partial charge on any atom is 0.246 e. The molecule has 0 aliphatic carbocycles. The summed E-state index contributed by atoms with van der Waals surface area (Å²) >= 11 is 0. The van der Waals surface area contributed by atoms with Crippen molar-refractivity contribution in [3.8, 4) is 0 Å². The van der Waals surface area contributed by atoms with E-state index >= 15 is 0 Å². The van der Waals surface area contributed by atoms with Crippen LogP contribution in [0, 0.1) is 18.8 Å². The van der Waals surface area contributed by atoms with E-state index in [1.807, 2.05) is 31.1 Å². The number of carbonyl (C=O) groups excluding carboxylic acids is 1. The number of hydroxylamine groups is 1. The molecule has 0 spiro atoms. The van der Waals surface area contributed by atoms with Crippen LogP contribution in [0.3, 0.4) is 0 Å². The van der Waals surface area contributed by atoms with Gasteiger partial charge in [-0.15, -0.1) is 0 Å². The van der Waals surface area contributed by atoms with Crippen LogP contribution in [-0.4, -0.2) is 27.4 Å². The number of nitrogens with zero attached hydrogens (tertiary/aromatic N) is 2. The molecule has 0 fully saturated rings. The molecule has 2 atom stereocenters. The molecule has 0 saturated carbocycles. The van der Waals surface area contributed by atoms with Crippen LogP contribution in [0.2, 0.25) is 0 Å². The zero-order valence-electron chi connectivity index (χ0n) is 15.5. The van der Waals surface area contributed by atoms with Crippen molar-refractivity contribution in [2.75, 3.05) is 6.61 Å². The van der Waals surface area contributed by atoms with Crippen LogP contribution in [0.4, 0.5) is 0 Å². The summed E-state index contributed by atoms with van der Waals surface area (Å²) in [5, 5.41) is 18.6. The van der Waals surface area contributed by atoms with E-state index in [-0.39, 0.29) is 29.5 Å². The van der Waals surface area contributed by atoms with Crippen LogP contribution in [0.25, 0.3) is 0 Å². The average molecular weight is 426 g/mol. The smallest absolute Gasteiger partial charge is 0.246 e. The van der Waals surface area contributed by atoms with Gasteiger partial charge in [0.05, 0.1) is 7.05 Å². The first-order valence-corrected chi connectivity index (χ1v) is 8.63. The molecule has 1 aromatic heterocycles. The first kappa shape index (κ1) is 22.3. The van der Waals surface area contributed by atoms with E-state index in [1.165, 1.54) is 11.1 Å². The van der Waals surface area contributed by atoms with Crippen LogP contribution in [0.1, 0.15) is 30.2 Å². The van der Waals surface area contributed by atoms with Crippen LogP contribution < -0.4 is 27.0 Å². The Morgan fingerprint density at radius 3 is 2.50 bits per heavy atom. The van der Waals surface area contributed by atoms with Gasteiger partial charge in [-0.2, -0.15) is 0 Å². The van der Waals surface area contributed by atoms with Gasteiger partial charge in [0.25, 0.3) is 0 Å². The predicted molar refractivity (Wildman–Crippen MR) is 93.9 cm³/mol. The SMILES string of the molecule is CCC(C(=O)NO)C(CO)Cc1c[n+](Cc2ccc(C)cc2)cn1C.[Br-]. The Hall–Kier alpha value is -1.70. The molecule has 0 aliphatic rings. The van der Waals surface area contributed by atoms with Crippen LogP contribution in [-0.2, 0) is 24.8 Å². The van der Waals surface area contributed by atoms with E-state index < -0.39 is 11.8 Å². The van der Waals surface area contributed by atoms with Gasteiger partial charge in [-0.3, -0.25) is 10.0 Å². The van der Waals surface area contributed by atoms with Crippen LogP contribution in [0.5, 0.6) is 0 Å². The monoisotopic (exact) mass is 425 g/mol. The van der Waals surface area contributed by atoms with Gasteiger partial charge in [0.2, 0.25) is 12.2 Å². The van der Waals surface area contributed by atoms with E-state index in [0.29, 0.717) is 12.8 Å². The van der Waals surface area contributed by atoms with Crippen molar-refractivity contribution in [1.29, 1.82) is 0 Å². The molecule has 144 valence electrons. The number of aryl methyl sites for hydroxylation is 2. The first-order valence-electron chi connectivity index (χ1n) is 8.63. The molecule has 2 rings (SSSR count). The Morgan fingerprint density at radius 1 is 1.31 bits per heavy atom. The van der Waals surface area contributed by atoms with Crippen LogP contribution in [0.15, 0.2) is 36.8 Å². The van der Waals surface area contributed by atoms with Gasteiger partial charge >= 0.3 is 0 Å². The summed E-state index contributed by atoms with van der Waals surface area (Å²) in [5.41, 5.74) is 5.21. The standard InChI is InChI=1S/C19H27N3O3.BrH/c1-4-18(19(24)20-25)16(12-23)9-17-11-22(13-21(17)3)10-15-7-5-14(2)6-8-15;/h5-8,11,13,16,18,23H,4,9-10,12H2,1-3H3,(H-,20,24,25);1H. The molecule has 1 amide bonds. The van der Waals surface area contributed by atoms with Crippen molar-refractivity contribution in [2.45, 2.75) is 33.2 Å². The number of benzene rings is 1. The maximum absolute atomic E-state index is 11.8. The highest BCUT2D eigenvalue weighted by atomic mass is 79.9. The fourth-order valence-corrected chi connectivity index (χ4v) is 3.22. The number of aliphatic hydroxyl groups excluding tert-OH is 1. The topological polar surface area (TPSA) is 78.4 Å². The van der Waals surface area contributed by atoms with E-state index in [9.17, 15) is 9.90 Å². The Balaban J connectivity index is 0.00000338. The number of carbonyl (C=O) groups is 1. The highest BCUT2D eigenvalue weighted by molar-refractivity contribution is 5.77. The van der Waals surface area contributed by atoms with Gasteiger partial charge in [-0.1, -0.05) is 36.8 Å². The van der Waals surface area contributed by atoms with Crippen LogP contribution >= 0.6 is 0 Å². The summed E-state index contributed by atoms with van der Waals surface area (Å²) in [4.78, 5) is 11.8. The highest BCUT2D eigenvalue weighted by Gasteiger charge is 2.28. The lowest BCUT2D eigenvalue weighted by Crippen LogP contribution is -3.00. The zero-order valence-corrected chi connectivity index (χ0v) is 17.1. The van der Waals surface area contributed by atoms with Crippen molar-refractivity contribution in [3.63, 3.8) is 0 Å². The van der Waals surface area contributed by atoms with E-state index in [2.05, 4.69) is 35.8 Å². The molecule has 2 unspecified atom stereocenters. The Bertz CT molecular complexity index is 701. The first-order chi connectivity index (χ1) is 12.0. The quantitative estimate of drug-likeness (QED) is 0.269. The third-order valence-electron chi connectivity index (χ3n) is 4.74. The normalized spacial score (nSPS) is 13.0. The Morgan fingerprint density at radius 2 is 1.96 bits per heavy atom. The van der Waals surface area contributed by atoms with Gasteiger partial charge in [-0.05, 0) is 18.9 Å². The Kier molecular flexibility index (Phi) is 8.98. The van der Waals surface area contributed by atoms with Crippen molar-refractivity contribution in [2.24, 2.45) is 18.9 Å². The summed E-state index contributed by atoms with van der Waals surface area (Å²) < 4.78 is 4.11. The zero-order chi connectivity index (χ0) is 18.4. The number of nitrogens with one attached hydrogen (secondary N) is 1. The minimum Gasteiger partial charge on any atom is -1.00 e. The van der Waals surface area contributed by atoms with Gasteiger partial charge in [0.15, 0.2) is 0 Å². The van der Waals surface area contributed by atoms with Crippen molar-refractivity contribution >= 4 is 5.91 Å². The summed E-state index contributed by atoms with van der Waals surface area (Å²) in [5.74, 6) is -1.10. The number of rotatable bonds is 8. The molecule has 2 aromatic rings. The lowest BCUT2D eigenvalue weighted by Gasteiger charge is -2.21. The van der Waals surface area contributed by atoms with Crippen molar-refractivity contribution in [1.82, 2.24) is 10.0 Å². The summed E-state index contributed by atoms with van der Waals surface area (Å²) in [7, 11) is 1.96. The average Bonchev–Trinajstić information content (AvgIpc) is 2.95. The highest BCUT2D eigenvalue weighted by Crippen LogP contribution is 2.20. The van der Waals surface area contributed by atoms with E-state index in [0.717, 1.165) is 12.2 Å². The van der Waals surface area contributed by atoms with Gasteiger partial charge in [0.1, 0.15) is 18.4 Å². The molecule has 1 heterocycles. The van der Waals surface area contributed by atoms with Gasteiger partial charge in [-0.25, -0.2) is 14.6 Å². The Labute approximate surface area is 165 Å². The number of aliphatic hydroxyl groups is 1. The number of hydrogen-bond donors (Lipinski definition) is 3. The lowest BCUT2D eigenvalue weighted by molar-refractivity contribution is -0.688. The molecule has 7 heteroatoms. The molecular formula is C19H28BrN3O3. The summed E-state index contributed by atoms with van der Waals surface area (Å²) in [6, 6.07) is 8.43. The van der Waals surface area contributed by atoms with Crippen molar-refractivity contribution < 1.29 is 36.7 Å². The lowest BCUT2D eigenvalue weighted by atomic mass is 9.86. The van der Waals surface area contributed by atoms with Gasteiger partial charge < -0.3 is 22.1 Å². The second kappa shape index (κ2) is 10.4. The molecule has 1 aromatic carbocycles. The third kappa shape index (κ3) is 5.65. The number of imidazole rings is 1.